The third-order valence-electron chi connectivity index (χ3n) is 4.24. The van der Waals surface area contributed by atoms with Crippen LogP contribution >= 0.6 is 0 Å². The number of tetrazole rings is 1. The molecule has 0 bridgehead atoms. The molecule has 2 N–H and O–H groups in total. The fraction of sp³-hybridized carbons (Fsp3) is 0.538. The minimum atomic E-state index is -0.0877. The second-order valence-electron chi connectivity index (χ2n) is 5.67. The summed E-state index contributed by atoms with van der Waals surface area (Å²) < 4.78 is 3.93. The molecule has 0 spiro atoms. The SMILES string of the molecule is CC(c1nn[nH]n1)n1ccnc1-c1cn(C2CCNCC2)nn1. The molecule has 4 rings (SSSR count). The van der Waals surface area contributed by atoms with Crippen molar-refractivity contribution in [2.75, 3.05) is 13.1 Å². The van der Waals surface area contributed by atoms with Crippen LogP contribution in [0.15, 0.2) is 18.6 Å². The molecule has 0 saturated carbocycles. The van der Waals surface area contributed by atoms with Crippen LogP contribution in [0.5, 0.6) is 0 Å². The molecule has 1 unspecified atom stereocenters. The van der Waals surface area contributed by atoms with E-state index in [0.29, 0.717) is 11.9 Å². The molecule has 23 heavy (non-hydrogen) atoms. The van der Waals surface area contributed by atoms with Gasteiger partial charge in [0.2, 0.25) is 0 Å². The van der Waals surface area contributed by atoms with Gasteiger partial charge in [-0.25, -0.2) is 9.67 Å². The molecular weight excluding hydrogens is 296 g/mol. The zero-order chi connectivity index (χ0) is 15.6. The topological polar surface area (TPSA) is 115 Å². The minimum absolute atomic E-state index is 0.0877. The smallest absolute Gasteiger partial charge is 0.197 e. The van der Waals surface area contributed by atoms with Crippen molar-refractivity contribution < 1.29 is 0 Å². The van der Waals surface area contributed by atoms with Crippen LogP contribution in [0.4, 0.5) is 0 Å². The normalized spacial score (nSPS) is 17.4. The maximum Gasteiger partial charge on any atom is 0.197 e. The fourth-order valence-corrected chi connectivity index (χ4v) is 2.92. The van der Waals surface area contributed by atoms with Crippen LogP contribution in [0.1, 0.15) is 37.7 Å². The van der Waals surface area contributed by atoms with Crippen LogP contribution in [0, 0.1) is 0 Å². The molecule has 1 aliphatic rings. The number of imidazole rings is 1. The molecular formula is C13H18N10. The zero-order valence-corrected chi connectivity index (χ0v) is 12.8. The van der Waals surface area contributed by atoms with Gasteiger partial charge in [0.25, 0.3) is 0 Å². The van der Waals surface area contributed by atoms with Gasteiger partial charge < -0.3 is 9.88 Å². The monoisotopic (exact) mass is 314 g/mol. The van der Waals surface area contributed by atoms with Gasteiger partial charge in [0.15, 0.2) is 11.6 Å². The molecule has 1 aliphatic heterocycles. The van der Waals surface area contributed by atoms with E-state index in [1.54, 1.807) is 6.20 Å². The highest BCUT2D eigenvalue weighted by Crippen LogP contribution is 2.24. The number of aromatic nitrogens is 9. The van der Waals surface area contributed by atoms with E-state index in [4.69, 9.17) is 0 Å². The number of hydrogen-bond donors (Lipinski definition) is 2. The predicted octanol–water partition coefficient (Wildman–Crippen LogP) is 0.188. The maximum atomic E-state index is 4.42. The summed E-state index contributed by atoms with van der Waals surface area (Å²) in [5.74, 6) is 1.36. The van der Waals surface area contributed by atoms with Gasteiger partial charge in [-0.3, -0.25) is 0 Å². The number of piperidine rings is 1. The largest absolute Gasteiger partial charge is 0.319 e. The molecule has 1 saturated heterocycles. The van der Waals surface area contributed by atoms with E-state index in [9.17, 15) is 0 Å². The lowest BCUT2D eigenvalue weighted by Gasteiger charge is -2.22. The molecule has 3 aromatic rings. The summed E-state index contributed by atoms with van der Waals surface area (Å²) in [4.78, 5) is 4.42. The first-order valence-corrected chi connectivity index (χ1v) is 7.72. The summed E-state index contributed by atoms with van der Waals surface area (Å²) in [5.41, 5.74) is 0.754. The molecule has 10 heteroatoms. The molecule has 0 radical (unpaired) electrons. The van der Waals surface area contributed by atoms with Crippen LogP contribution in [0.2, 0.25) is 0 Å². The van der Waals surface area contributed by atoms with Gasteiger partial charge in [-0.15, -0.1) is 15.3 Å². The first-order chi connectivity index (χ1) is 11.3. The van der Waals surface area contributed by atoms with Gasteiger partial charge >= 0.3 is 0 Å². The number of rotatable bonds is 4. The van der Waals surface area contributed by atoms with Crippen LogP contribution in [-0.2, 0) is 0 Å². The van der Waals surface area contributed by atoms with Gasteiger partial charge in [-0.2, -0.15) is 5.21 Å². The Morgan fingerprint density at radius 1 is 1.26 bits per heavy atom. The second kappa shape index (κ2) is 5.88. The number of hydrogen-bond acceptors (Lipinski definition) is 7. The first kappa shape index (κ1) is 14.0. The van der Waals surface area contributed by atoms with Crippen molar-refractivity contribution in [2.24, 2.45) is 0 Å². The Bertz CT molecular complexity index is 751. The number of aromatic amines is 1. The van der Waals surface area contributed by atoms with Crippen molar-refractivity contribution in [1.29, 1.82) is 0 Å². The zero-order valence-electron chi connectivity index (χ0n) is 12.8. The van der Waals surface area contributed by atoms with E-state index in [1.807, 2.05) is 28.6 Å². The number of H-pyrrole nitrogens is 1. The molecule has 4 heterocycles. The van der Waals surface area contributed by atoms with E-state index < -0.39 is 0 Å². The molecule has 120 valence electrons. The van der Waals surface area contributed by atoms with Crippen LogP contribution in [0.3, 0.4) is 0 Å². The van der Waals surface area contributed by atoms with E-state index in [0.717, 1.165) is 37.4 Å². The van der Waals surface area contributed by atoms with Gasteiger partial charge in [-0.1, -0.05) is 10.4 Å². The summed E-state index contributed by atoms with van der Waals surface area (Å²) in [6.45, 7) is 4.03. The molecule has 0 amide bonds. The van der Waals surface area contributed by atoms with Gasteiger partial charge in [0.1, 0.15) is 5.69 Å². The summed E-state index contributed by atoms with van der Waals surface area (Å²) >= 11 is 0. The Kier molecular flexibility index (Phi) is 3.58. The molecule has 1 fully saturated rings. The summed E-state index contributed by atoms with van der Waals surface area (Å²) in [7, 11) is 0. The van der Waals surface area contributed by atoms with Gasteiger partial charge in [0, 0.05) is 12.4 Å². The molecule has 10 nitrogen and oxygen atoms in total. The highest BCUT2D eigenvalue weighted by Gasteiger charge is 2.21. The van der Waals surface area contributed by atoms with Crippen LogP contribution in [-0.4, -0.2) is 58.3 Å². The summed E-state index contributed by atoms with van der Waals surface area (Å²) in [5, 5.41) is 26.1. The highest BCUT2D eigenvalue weighted by atomic mass is 15.5. The van der Waals surface area contributed by atoms with Crippen molar-refractivity contribution >= 4 is 0 Å². The Morgan fingerprint density at radius 3 is 2.91 bits per heavy atom. The van der Waals surface area contributed by atoms with Gasteiger partial charge in [-0.05, 0) is 32.9 Å². The Morgan fingerprint density at radius 2 is 2.13 bits per heavy atom. The third kappa shape index (κ3) is 2.61. The average molecular weight is 314 g/mol. The lowest BCUT2D eigenvalue weighted by molar-refractivity contribution is 0.337. The lowest BCUT2D eigenvalue weighted by Crippen LogP contribution is -2.29. The van der Waals surface area contributed by atoms with Crippen LogP contribution < -0.4 is 5.32 Å². The second-order valence-corrected chi connectivity index (χ2v) is 5.67. The Labute approximate surface area is 132 Å². The fourth-order valence-electron chi connectivity index (χ4n) is 2.92. The lowest BCUT2D eigenvalue weighted by atomic mass is 10.1. The van der Waals surface area contributed by atoms with Crippen molar-refractivity contribution in [2.45, 2.75) is 31.8 Å². The molecule has 0 aliphatic carbocycles. The minimum Gasteiger partial charge on any atom is -0.319 e. The van der Waals surface area contributed by atoms with E-state index in [2.05, 4.69) is 41.2 Å². The number of nitrogens with zero attached hydrogens (tertiary/aromatic N) is 8. The van der Waals surface area contributed by atoms with Crippen molar-refractivity contribution in [3.05, 3.63) is 24.4 Å². The molecule has 1 atom stereocenters. The van der Waals surface area contributed by atoms with E-state index >= 15 is 0 Å². The average Bonchev–Trinajstić information content (AvgIpc) is 3.35. The Balaban J connectivity index is 1.62. The number of nitrogens with one attached hydrogen (secondary N) is 2. The van der Waals surface area contributed by atoms with E-state index in [-0.39, 0.29) is 6.04 Å². The maximum absolute atomic E-state index is 4.42. The Hall–Kier alpha value is -2.62. The highest BCUT2D eigenvalue weighted by molar-refractivity contribution is 5.48. The summed E-state index contributed by atoms with van der Waals surface area (Å²) in [6.07, 6.45) is 7.74. The quantitative estimate of drug-likeness (QED) is 0.706. The van der Waals surface area contributed by atoms with Crippen molar-refractivity contribution in [1.82, 2.24) is 50.5 Å². The van der Waals surface area contributed by atoms with Gasteiger partial charge in [0.05, 0.1) is 18.3 Å². The van der Waals surface area contributed by atoms with Crippen molar-refractivity contribution in [3.8, 4) is 11.5 Å². The van der Waals surface area contributed by atoms with E-state index in [1.165, 1.54) is 0 Å². The van der Waals surface area contributed by atoms with Crippen molar-refractivity contribution in [3.63, 3.8) is 0 Å². The standard InChI is InChI=1S/C13H18N10/c1-9(12-17-19-20-18-12)22-7-6-15-13(22)11-8-23(21-16-11)10-2-4-14-5-3-10/h6-10,14H,2-5H2,1H3,(H,17,18,19,20). The third-order valence-corrected chi connectivity index (χ3v) is 4.24. The molecule has 3 aromatic heterocycles. The first-order valence-electron chi connectivity index (χ1n) is 7.72. The molecule has 0 aromatic carbocycles. The van der Waals surface area contributed by atoms with Crippen LogP contribution in [0.25, 0.3) is 11.5 Å². The summed E-state index contributed by atoms with van der Waals surface area (Å²) in [6, 6.07) is 0.311. The predicted molar refractivity (Wildman–Crippen MR) is 80.4 cm³/mol.